The molecular weight excluding hydrogens is 439 g/mol. The molecule has 0 bridgehead atoms. The summed E-state index contributed by atoms with van der Waals surface area (Å²) in [6.45, 7) is 3.45. The number of nitrogens with one attached hydrogen (secondary N) is 1. The first-order valence-electron chi connectivity index (χ1n) is 9.62. The summed E-state index contributed by atoms with van der Waals surface area (Å²) in [5.74, 6) is -0.290. The standard InChI is InChI=1S/C22H18F3N5OS/c1-13-17(14(2)30(29-13)16-7-5-6-15(10-16)22(23,24)25)11-20(31)28-21-27-19(12-32-21)18-8-3-4-9-26-18/h3-10,12H,11H2,1-2H3,(H,27,28,31). The Bertz CT molecular complexity index is 1260. The van der Waals surface area contributed by atoms with Crippen molar-refractivity contribution in [2.75, 3.05) is 5.32 Å². The number of rotatable bonds is 5. The highest BCUT2D eigenvalue weighted by atomic mass is 32.1. The molecule has 1 amide bonds. The van der Waals surface area contributed by atoms with E-state index >= 15 is 0 Å². The van der Waals surface area contributed by atoms with E-state index in [-0.39, 0.29) is 18.0 Å². The molecule has 3 aromatic heterocycles. The first-order valence-corrected chi connectivity index (χ1v) is 10.5. The minimum absolute atomic E-state index is 0.0229. The molecule has 3 heterocycles. The Kier molecular flexibility index (Phi) is 5.79. The van der Waals surface area contributed by atoms with Crippen LogP contribution in [0.1, 0.15) is 22.5 Å². The lowest BCUT2D eigenvalue weighted by Gasteiger charge is -2.10. The Morgan fingerprint density at radius 1 is 1.12 bits per heavy atom. The van der Waals surface area contributed by atoms with Crippen molar-refractivity contribution in [3.63, 3.8) is 0 Å². The molecule has 0 unspecified atom stereocenters. The average molecular weight is 457 g/mol. The van der Waals surface area contributed by atoms with Crippen molar-refractivity contribution in [2.45, 2.75) is 26.4 Å². The van der Waals surface area contributed by atoms with E-state index in [0.717, 1.165) is 12.1 Å². The lowest BCUT2D eigenvalue weighted by molar-refractivity contribution is -0.137. The summed E-state index contributed by atoms with van der Waals surface area (Å²) in [7, 11) is 0. The second-order valence-corrected chi connectivity index (χ2v) is 7.95. The van der Waals surface area contributed by atoms with Crippen molar-refractivity contribution >= 4 is 22.4 Å². The van der Waals surface area contributed by atoms with E-state index in [2.05, 4.69) is 20.4 Å². The molecule has 0 aliphatic heterocycles. The summed E-state index contributed by atoms with van der Waals surface area (Å²) in [6, 6.07) is 10.4. The van der Waals surface area contributed by atoms with Crippen LogP contribution in [-0.2, 0) is 17.4 Å². The largest absolute Gasteiger partial charge is 0.416 e. The maximum Gasteiger partial charge on any atom is 0.416 e. The van der Waals surface area contributed by atoms with Crippen molar-refractivity contribution in [1.29, 1.82) is 0 Å². The maximum atomic E-state index is 13.1. The molecule has 1 N–H and O–H groups in total. The quantitative estimate of drug-likeness (QED) is 0.447. The molecule has 0 spiro atoms. The van der Waals surface area contributed by atoms with Gasteiger partial charge in [-0.2, -0.15) is 18.3 Å². The Morgan fingerprint density at radius 3 is 2.66 bits per heavy atom. The number of amides is 1. The zero-order valence-electron chi connectivity index (χ0n) is 17.1. The van der Waals surface area contributed by atoms with Gasteiger partial charge in [-0.25, -0.2) is 9.67 Å². The van der Waals surface area contributed by atoms with Gasteiger partial charge in [0.25, 0.3) is 0 Å². The summed E-state index contributed by atoms with van der Waals surface area (Å²) in [5, 5.41) is 9.37. The summed E-state index contributed by atoms with van der Waals surface area (Å²) in [6.07, 6.45) is -2.76. The minimum Gasteiger partial charge on any atom is -0.302 e. The Labute approximate surface area is 185 Å². The number of pyridine rings is 1. The molecule has 0 aliphatic rings. The maximum absolute atomic E-state index is 13.1. The van der Waals surface area contributed by atoms with Crippen LogP contribution in [-0.4, -0.2) is 25.7 Å². The first kappa shape index (κ1) is 21.7. The first-order chi connectivity index (χ1) is 15.2. The molecule has 0 saturated heterocycles. The molecule has 1 aromatic carbocycles. The van der Waals surface area contributed by atoms with E-state index in [0.29, 0.717) is 33.5 Å². The number of aryl methyl sites for hydroxylation is 1. The molecule has 4 rings (SSSR count). The van der Waals surface area contributed by atoms with E-state index in [1.54, 1.807) is 31.5 Å². The van der Waals surface area contributed by atoms with Crippen LogP contribution >= 0.6 is 11.3 Å². The smallest absolute Gasteiger partial charge is 0.302 e. The molecule has 0 fully saturated rings. The Morgan fingerprint density at radius 2 is 1.94 bits per heavy atom. The van der Waals surface area contributed by atoms with Crippen molar-refractivity contribution in [3.05, 3.63) is 76.6 Å². The molecule has 0 radical (unpaired) electrons. The van der Waals surface area contributed by atoms with Gasteiger partial charge in [-0.15, -0.1) is 11.3 Å². The normalized spacial score (nSPS) is 11.5. The number of thiazole rings is 1. The minimum atomic E-state index is -4.45. The molecule has 164 valence electrons. The van der Waals surface area contributed by atoms with Crippen LogP contribution in [0, 0.1) is 13.8 Å². The van der Waals surface area contributed by atoms with Crippen LogP contribution in [0.2, 0.25) is 0 Å². The van der Waals surface area contributed by atoms with E-state index in [9.17, 15) is 18.0 Å². The summed E-state index contributed by atoms with van der Waals surface area (Å²) in [4.78, 5) is 21.2. The summed E-state index contributed by atoms with van der Waals surface area (Å²) in [5.41, 5.74) is 2.73. The fourth-order valence-electron chi connectivity index (χ4n) is 3.28. The van der Waals surface area contributed by atoms with Crippen LogP contribution in [0.3, 0.4) is 0 Å². The zero-order valence-corrected chi connectivity index (χ0v) is 18.0. The third-order valence-electron chi connectivity index (χ3n) is 4.87. The predicted octanol–water partition coefficient (Wildman–Crippen LogP) is 5.21. The highest BCUT2D eigenvalue weighted by molar-refractivity contribution is 7.14. The Hall–Kier alpha value is -3.53. The van der Waals surface area contributed by atoms with Crippen molar-refractivity contribution in [3.8, 4) is 17.1 Å². The highest BCUT2D eigenvalue weighted by Gasteiger charge is 2.30. The van der Waals surface area contributed by atoms with E-state index in [1.165, 1.54) is 22.1 Å². The number of hydrogen-bond acceptors (Lipinski definition) is 5. The van der Waals surface area contributed by atoms with Gasteiger partial charge in [-0.3, -0.25) is 9.78 Å². The summed E-state index contributed by atoms with van der Waals surface area (Å²) >= 11 is 1.29. The van der Waals surface area contributed by atoms with Gasteiger partial charge in [0.05, 0.1) is 29.1 Å². The number of halogens is 3. The molecule has 0 atom stereocenters. The van der Waals surface area contributed by atoms with Crippen molar-refractivity contribution < 1.29 is 18.0 Å². The molecule has 10 heteroatoms. The van der Waals surface area contributed by atoms with Gasteiger partial charge in [0.15, 0.2) is 5.13 Å². The highest BCUT2D eigenvalue weighted by Crippen LogP contribution is 2.31. The lowest BCUT2D eigenvalue weighted by atomic mass is 10.1. The van der Waals surface area contributed by atoms with E-state index in [1.807, 2.05) is 18.2 Å². The van der Waals surface area contributed by atoms with Crippen molar-refractivity contribution in [1.82, 2.24) is 19.7 Å². The number of nitrogens with zero attached hydrogens (tertiary/aromatic N) is 4. The fraction of sp³-hybridized carbons (Fsp3) is 0.182. The third-order valence-corrected chi connectivity index (χ3v) is 5.63. The van der Waals surface area contributed by atoms with Crippen LogP contribution in [0.25, 0.3) is 17.1 Å². The number of anilines is 1. The van der Waals surface area contributed by atoms with E-state index < -0.39 is 11.7 Å². The molecule has 4 aromatic rings. The SMILES string of the molecule is Cc1nn(-c2cccc(C(F)(F)F)c2)c(C)c1CC(=O)Nc1nc(-c2ccccn2)cs1. The molecular formula is C22H18F3N5OS. The zero-order chi connectivity index (χ0) is 22.9. The second-order valence-electron chi connectivity index (χ2n) is 7.09. The van der Waals surface area contributed by atoms with Gasteiger partial charge in [0.1, 0.15) is 5.69 Å². The number of carbonyl (C=O) groups excluding carboxylic acids is 1. The third kappa shape index (κ3) is 4.54. The summed E-state index contributed by atoms with van der Waals surface area (Å²) < 4.78 is 40.6. The lowest BCUT2D eigenvalue weighted by Crippen LogP contribution is -2.15. The van der Waals surface area contributed by atoms with Crippen LogP contribution < -0.4 is 5.32 Å². The van der Waals surface area contributed by atoms with E-state index in [4.69, 9.17) is 0 Å². The monoisotopic (exact) mass is 457 g/mol. The molecule has 0 saturated carbocycles. The van der Waals surface area contributed by atoms with Gasteiger partial charge >= 0.3 is 6.18 Å². The number of aromatic nitrogens is 4. The van der Waals surface area contributed by atoms with Gasteiger partial charge in [0, 0.05) is 22.8 Å². The topological polar surface area (TPSA) is 72.7 Å². The van der Waals surface area contributed by atoms with Crippen LogP contribution in [0.5, 0.6) is 0 Å². The number of hydrogen-bond donors (Lipinski definition) is 1. The Balaban J connectivity index is 1.52. The number of carbonyl (C=O) groups is 1. The molecule has 6 nitrogen and oxygen atoms in total. The predicted molar refractivity (Wildman–Crippen MR) is 116 cm³/mol. The number of benzene rings is 1. The van der Waals surface area contributed by atoms with Gasteiger partial charge in [-0.1, -0.05) is 12.1 Å². The molecule has 32 heavy (non-hydrogen) atoms. The average Bonchev–Trinajstić information content (AvgIpc) is 3.34. The van der Waals surface area contributed by atoms with Gasteiger partial charge < -0.3 is 5.32 Å². The molecule has 0 aliphatic carbocycles. The fourth-order valence-corrected chi connectivity index (χ4v) is 4.00. The van der Waals surface area contributed by atoms with Crippen LogP contribution in [0.15, 0.2) is 54.0 Å². The number of alkyl halides is 3. The van der Waals surface area contributed by atoms with Gasteiger partial charge in [0.2, 0.25) is 5.91 Å². The second kappa shape index (κ2) is 8.54. The van der Waals surface area contributed by atoms with Crippen molar-refractivity contribution in [2.24, 2.45) is 0 Å². The van der Waals surface area contributed by atoms with Gasteiger partial charge in [-0.05, 0) is 44.2 Å². The van der Waals surface area contributed by atoms with Crippen LogP contribution in [0.4, 0.5) is 18.3 Å².